The number of carbonyl (C=O) groups is 1. The standard InChI is InChI=1S/C17H25N3O4S2/c1-11(2)9-10-20(15(12(3)4)16(21)19-22)26(23,24)17-18-13-7-5-6-8-14(13)25-17/h5-8,11-12,15,22H,9-10H2,1-4H3,(H,19,21)/t15-/m1/s1. The first kappa shape index (κ1) is 20.8. The van der Waals surface area contributed by atoms with Crippen LogP contribution in [0.2, 0.25) is 0 Å². The lowest BCUT2D eigenvalue weighted by Gasteiger charge is -2.31. The Morgan fingerprint density at radius 1 is 1.27 bits per heavy atom. The van der Waals surface area contributed by atoms with Crippen LogP contribution >= 0.6 is 11.3 Å². The van der Waals surface area contributed by atoms with Crippen molar-refractivity contribution in [3.8, 4) is 0 Å². The topological polar surface area (TPSA) is 99.6 Å². The number of rotatable bonds is 8. The molecule has 1 heterocycles. The highest BCUT2D eigenvalue weighted by Crippen LogP contribution is 2.30. The Bertz CT molecular complexity index is 829. The fraction of sp³-hybridized carbons (Fsp3) is 0.529. The van der Waals surface area contributed by atoms with Crippen molar-refractivity contribution in [2.45, 2.75) is 44.5 Å². The summed E-state index contributed by atoms with van der Waals surface area (Å²) in [6.07, 6.45) is 0.589. The zero-order valence-electron chi connectivity index (χ0n) is 15.3. The number of nitrogens with one attached hydrogen (secondary N) is 1. The second-order valence-corrected chi connectivity index (χ2v) is 10.0. The Kier molecular flexibility index (Phi) is 6.73. The van der Waals surface area contributed by atoms with Crippen molar-refractivity contribution in [1.82, 2.24) is 14.8 Å². The summed E-state index contributed by atoms with van der Waals surface area (Å²) < 4.78 is 28.5. The van der Waals surface area contributed by atoms with Crippen LogP contribution in [0, 0.1) is 11.8 Å². The minimum absolute atomic E-state index is 0.0427. The second kappa shape index (κ2) is 8.43. The molecular formula is C17H25N3O4S2. The predicted molar refractivity (Wildman–Crippen MR) is 102 cm³/mol. The molecule has 9 heteroatoms. The van der Waals surface area contributed by atoms with E-state index >= 15 is 0 Å². The van der Waals surface area contributed by atoms with Gasteiger partial charge in [0.1, 0.15) is 6.04 Å². The van der Waals surface area contributed by atoms with Crippen molar-refractivity contribution in [3.05, 3.63) is 24.3 Å². The van der Waals surface area contributed by atoms with Crippen molar-refractivity contribution in [2.24, 2.45) is 11.8 Å². The molecular weight excluding hydrogens is 374 g/mol. The normalized spacial score (nSPS) is 13.7. The van der Waals surface area contributed by atoms with E-state index in [1.165, 1.54) is 4.31 Å². The van der Waals surface area contributed by atoms with Gasteiger partial charge in [0.05, 0.1) is 10.2 Å². The smallest absolute Gasteiger partial charge is 0.271 e. The lowest BCUT2D eigenvalue weighted by Crippen LogP contribution is -2.52. The van der Waals surface area contributed by atoms with Gasteiger partial charge in [-0.1, -0.05) is 39.8 Å². The minimum atomic E-state index is -3.99. The van der Waals surface area contributed by atoms with Gasteiger partial charge in [-0.15, -0.1) is 11.3 Å². The lowest BCUT2D eigenvalue weighted by molar-refractivity contribution is -0.134. The molecule has 1 amide bonds. The van der Waals surface area contributed by atoms with Crippen molar-refractivity contribution < 1.29 is 18.4 Å². The number of amides is 1. The molecule has 0 aliphatic heterocycles. The third kappa shape index (κ3) is 4.40. The molecule has 0 saturated heterocycles. The summed E-state index contributed by atoms with van der Waals surface area (Å²) in [6, 6.07) is 6.17. The van der Waals surface area contributed by atoms with E-state index in [2.05, 4.69) is 4.98 Å². The molecule has 2 aromatic rings. The molecule has 0 fully saturated rings. The fourth-order valence-corrected chi connectivity index (χ4v) is 5.76. The van der Waals surface area contributed by atoms with Crippen LogP contribution in [0.15, 0.2) is 28.6 Å². The second-order valence-electron chi connectivity index (χ2n) is 6.91. The van der Waals surface area contributed by atoms with Gasteiger partial charge in [0.15, 0.2) is 0 Å². The quantitative estimate of drug-likeness (QED) is 0.525. The van der Waals surface area contributed by atoms with E-state index in [4.69, 9.17) is 5.21 Å². The highest BCUT2D eigenvalue weighted by molar-refractivity contribution is 7.91. The summed E-state index contributed by atoms with van der Waals surface area (Å²) in [4.78, 5) is 16.5. The summed E-state index contributed by atoms with van der Waals surface area (Å²) in [5.41, 5.74) is 2.21. The van der Waals surface area contributed by atoms with Gasteiger partial charge in [-0.3, -0.25) is 10.0 Å². The van der Waals surface area contributed by atoms with Crippen molar-refractivity contribution in [1.29, 1.82) is 0 Å². The number of nitrogens with zero attached hydrogens (tertiary/aromatic N) is 2. The van der Waals surface area contributed by atoms with Crippen LogP contribution in [-0.4, -0.2) is 41.4 Å². The van der Waals surface area contributed by atoms with E-state index in [1.54, 1.807) is 31.5 Å². The Hall–Kier alpha value is -1.55. The summed E-state index contributed by atoms with van der Waals surface area (Å²) in [5, 5.41) is 9.10. The maximum absolute atomic E-state index is 13.3. The van der Waals surface area contributed by atoms with Crippen LogP contribution in [0.4, 0.5) is 0 Å². The van der Waals surface area contributed by atoms with Crippen molar-refractivity contribution in [3.63, 3.8) is 0 Å². The first-order chi connectivity index (χ1) is 12.2. The van der Waals surface area contributed by atoms with Gasteiger partial charge in [0.2, 0.25) is 4.34 Å². The number of thiazole rings is 1. The van der Waals surface area contributed by atoms with Crippen LogP contribution in [0.5, 0.6) is 0 Å². The number of benzene rings is 1. The highest BCUT2D eigenvalue weighted by Gasteiger charge is 2.39. The van der Waals surface area contributed by atoms with Crippen molar-refractivity contribution >= 4 is 37.5 Å². The van der Waals surface area contributed by atoms with Crippen LogP contribution < -0.4 is 5.48 Å². The van der Waals surface area contributed by atoms with Gasteiger partial charge in [-0.25, -0.2) is 18.9 Å². The summed E-state index contributed by atoms with van der Waals surface area (Å²) in [5.74, 6) is -0.806. The third-order valence-electron chi connectivity index (χ3n) is 4.05. The molecule has 2 N–H and O–H groups in total. The molecule has 144 valence electrons. The van der Waals surface area contributed by atoms with Gasteiger partial charge < -0.3 is 0 Å². The monoisotopic (exact) mass is 399 g/mol. The van der Waals surface area contributed by atoms with E-state index in [1.807, 2.05) is 26.0 Å². The van der Waals surface area contributed by atoms with Gasteiger partial charge in [-0.2, -0.15) is 4.31 Å². The molecule has 0 bridgehead atoms. The molecule has 1 aromatic carbocycles. The Morgan fingerprint density at radius 3 is 2.46 bits per heavy atom. The number of sulfonamides is 1. The third-order valence-corrected chi connectivity index (χ3v) is 7.32. The van der Waals surface area contributed by atoms with Crippen molar-refractivity contribution in [2.75, 3.05) is 6.54 Å². The maximum atomic E-state index is 13.3. The van der Waals surface area contributed by atoms with Gasteiger partial charge in [0.25, 0.3) is 15.9 Å². The summed E-state index contributed by atoms with van der Waals surface area (Å²) in [6.45, 7) is 7.64. The number of hydrogen-bond acceptors (Lipinski definition) is 6. The van der Waals surface area contributed by atoms with Crippen LogP contribution in [0.25, 0.3) is 10.2 Å². The van der Waals surface area contributed by atoms with Gasteiger partial charge in [0, 0.05) is 6.54 Å². The van der Waals surface area contributed by atoms with Crippen LogP contribution in [-0.2, 0) is 14.8 Å². The molecule has 0 aliphatic rings. The largest absolute Gasteiger partial charge is 0.289 e. The molecule has 7 nitrogen and oxygen atoms in total. The highest BCUT2D eigenvalue weighted by atomic mass is 32.2. The number of para-hydroxylation sites is 1. The molecule has 0 spiro atoms. The predicted octanol–water partition coefficient (Wildman–Crippen LogP) is 2.86. The molecule has 26 heavy (non-hydrogen) atoms. The molecule has 0 aliphatic carbocycles. The van der Waals surface area contributed by atoms with E-state index in [-0.39, 0.29) is 22.7 Å². The number of hydroxylamine groups is 1. The van der Waals surface area contributed by atoms with E-state index in [9.17, 15) is 13.2 Å². The zero-order chi connectivity index (χ0) is 19.5. The number of fused-ring (bicyclic) bond motifs is 1. The number of aromatic nitrogens is 1. The number of hydrogen-bond donors (Lipinski definition) is 2. The Morgan fingerprint density at radius 2 is 1.92 bits per heavy atom. The summed E-state index contributed by atoms with van der Waals surface area (Å²) >= 11 is 1.08. The van der Waals surface area contributed by atoms with Gasteiger partial charge in [-0.05, 0) is 30.4 Å². The Balaban J connectivity index is 2.52. The lowest BCUT2D eigenvalue weighted by atomic mass is 10.0. The van der Waals surface area contributed by atoms with E-state index in [0.29, 0.717) is 11.9 Å². The Labute approximate surface area is 158 Å². The average molecular weight is 400 g/mol. The van der Waals surface area contributed by atoms with Gasteiger partial charge >= 0.3 is 0 Å². The summed E-state index contributed by atoms with van der Waals surface area (Å²) in [7, 11) is -3.99. The van der Waals surface area contributed by atoms with E-state index in [0.717, 1.165) is 16.0 Å². The first-order valence-electron chi connectivity index (χ1n) is 8.49. The average Bonchev–Trinajstić information content (AvgIpc) is 3.02. The molecule has 0 radical (unpaired) electrons. The first-order valence-corrected chi connectivity index (χ1v) is 10.8. The van der Waals surface area contributed by atoms with Crippen LogP contribution in [0.1, 0.15) is 34.1 Å². The molecule has 1 aromatic heterocycles. The zero-order valence-corrected chi connectivity index (χ0v) is 17.0. The molecule has 2 rings (SSSR count). The molecule has 1 atom stereocenters. The molecule has 0 unspecified atom stereocenters. The SMILES string of the molecule is CC(C)CCN([C@@H](C(=O)NO)C(C)C)S(=O)(=O)c1nc2ccccc2s1. The van der Waals surface area contributed by atoms with Crippen LogP contribution in [0.3, 0.4) is 0 Å². The fourth-order valence-electron chi connectivity index (χ4n) is 2.69. The molecule has 0 saturated carbocycles. The maximum Gasteiger partial charge on any atom is 0.271 e. The minimum Gasteiger partial charge on any atom is -0.289 e. The van der Waals surface area contributed by atoms with E-state index < -0.39 is 22.0 Å². The number of carbonyl (C=O) groups excluding carboxylic acids is 1.